The molecule has 3 aromatic carbocycles. The van der Waals surface area contributed by atoms with Crippen molar-refractivity contribution in [1.82, 2.24) is 0 Å². The highest BCUT2D eigenvalue weighted by molar-refractivity contribution is 7.98. The van der Waals surface area contributed by atoms with E-state index in [9.17, 15) is 4.79 Å². The average Bonchev–Trinajstić information content (AvgIpc) is 2.76. The van der Waals surface area contributed by atoms with Crippen LogP contribution in [0, 0.1) is 11.3 Å². The van der Waals surface area contributed by atoms with E-state index < -0.39 is 0 Å². The van der Waals surface area contributed by atoms with E-state index in [-0.39, 0.29) is 12.6 Å². The van der Waals surface area contributed by atoms with E-state index in [1.807, 2.05) is 60.7 Å². The van der Waals surface area contributed by atoms with Gasteiger partial charge in [-0.2, -0.15) is 5.26 Å². The topological polar surface area (TPSA) is 59.3 Å². The van der Waals surface area contributed by atoms with E-state index in [0.717, 1.165) is 16.2 Å². The zero-order chi connectivity index (χ0) is 19.6. The summed E-state index contributed by atoms with van der Waals surface area (Å²) in [4.78, 5) is 13.3. The van der Waals surface area contributed by atoms with Crippen molar-refractivity contribution < 1.29 is 14.3 Å². The Balaban J connectivity index is 1.53. The van der Waals surface area contributed by atoms with Gasteiger partial charge in [-0.15, -0.1) is 11.8 Å². The molecule has 0 aromatic heterocycles. The van der Waals surface area contributed by atoms with Crippen LogP contribution in [0.2, 0.25) is 0 Å². The Hall–Kier alpha value is -3.23. The molecule has 0 N–H and O–H groups in total. The van der Waals surface area contributed by atoms with Gasteiger partial charge in [-0.3, -0.25) is 0 Å². The second-order valence-corrected chi connectivity index (χ2v) is 6.91. The fourth-order valence-corrected chi connectivity index (χ4v) is 3.48. The van der Waals surface area contributed by atoms with Crippen molar-refractivity contribution in [2.45, 2.75) is 10.6 Å². The highest BCUT2D eigenvalue weighted by Crippen LogP contribution is 2.27. The molecule has 5 heteroatoms. The highest BCUT2D eigenvalue weighted by Gasteiger charge is 2.13. The molecule has 0 heterocycles. The Morgan fingerprint density at radius 1 is 0.893 bits per heavy atom. The van der Waals surface area contributed by atoms with Crippen LogP contribution in [-0.4, -0.2) is 19.2 Å². The van der Waals surface area contributed by atoms with Gasteiger partial charge in [-0.05, 0) is 42.0 Å². The van der Waals surface area contributed by atoms with Gasteiger partial charge in [-0.1, -0.05) is 42.5 Å². The molecular weight excluding hydrogens is 370 g/mol. The van der Waals surface area contributed by atoms with Crippen molar-refractivity contribution in [3.05, 3.63) is 95.6 Å². The minimum Gasteiger partial charge on any atom is -0.490 e. The number of benzene rings is 3. The molecule has 0 saturated carbocycles. The number of thioether (sulfide) groups is 1. The molecular formula is C23H19NO3S. The molecule has 0 radical (unpaired) electrons. The number of hydrogen-bond donors (Lipinski definition) is 0. The van der Waals surface area contributed by atoms with Gasteiger partial charge >= 0.3 is 5.97 Å². The van der Waals surface area contributed by atoms with E-state index in [4.69, 9.17) is 14.7 Å². The minimum atomic E-state index is -0.361. The van der Waals surface area contributed by atoms with Crippen molar-refractivity contribution in [1.29, 1.82) is 5.26 Å². The zero-order valence-corrected chi connectivity index (χ0v) is 16.0. The molecule has 0 fully saturated rings. The summed E-state index contributed by atoms with van der Waals surface area (Å²) in [6.07, 6.45) is 0. The van der Waals surface area contributed by atoms with Crippen LogP contribution in [0.5, 0.6) is 5.75 Å². The molecule has 28 heavy (non-hydrogen) atoms. The lowest BCUT2D eigenvalue weighted by Gasteiger charge is -2.10. The molecule has 3 rings (SSSR count). The molecule has 0 atom stereocenters. The maximum atomic E-state index is 12.4. The Morgan fingerprint density at radius 2 is 1.61 bits per heavy atom. The summed E-state index contributed by atoms with van der Waals surface area (Å²) in [5, 5.41) is 8.87. The van der Waals surface area contributed by atoms with Gasteiger partial charge in [0.15, 0.2) is 0 Å². The monoisotopic (exact) mass is 389 g/mol. The van der Waals surface area contributed by atoms with Gasteiger partial charge in [0.05, 0.1) is 17.2 Å². The lowest BCUT2D eigenvalue weighted by Crippen LogP contribution is -2.13. The molecule has 140 valence electrons. The molecule has 0 saturated heterocycles. The van der Waals surface area contributed by atoms with Crippen LogP contribution in [0.3, 0.4) is 0 Å². The highest BCUT2D eigenvalue weighted by atomic mass is 32.2. The number of nitrogens with zero attached hydrogens (tertiary/aromatic N) is 1. The largest absolute Gasteiger partial charge is 0.490 e. The second kappa shape index (κ2) is 10.2. The third kappa shape index (κ3) is 5.63. The fraction of sp³-hybridized carbons (Fsp3) is 0.130. The van der Waals surface area contributed by atoms with Crippen molar-refractivity contribution in [2.75, 3.05) is 13.2 Å². The molecule has 0 aliphatic heterocycles. The van der Waals surface area contributed by atoms with E-state index in [2.05, 4.69) is 6.07 Å². The van der Waals surface area contributed by atoms with Crippen LogP contribution in [0.15, 0.2) is 83.8 Å². The fourth-order valence-electron chi connectivity index (χ4n) is 2.49. The van der Waals surface area contributed by atoms with Crippen molar-refractivity contribution in [3.63, 3.8) is 0 Å². The zero-order valence-electron chi connectivity index (χ0n) is 15.2. The normalized spacial score (nSPS) is 10.1. The molecule has 0 bridgehead atoms. The predicted molar refractivity (Wildman–Crippen MR) is 109 cm³/mol. The molecule has 0 unspecified atom stereocenters. The van der Waals surface area contributed by atoms with Gasteiger partial charge in [0.25, 0.3) is 0 Å². The number of carbonyl (C=O) groups excluding carboxylic acids is 1. The van der Waals surface area contributed by atoms with Crippen LogP contribution < -0.4 is 4.74 Å². The number of carbonyl (C=O) groups is 1. The van der Waals surface area contributed by atoms with E-state index >= 15 is 0 Å². The number of rotatable bonds is 8. The number of nitriles is 1. The minimum absolute atomic E-state index is 0.183. The SMILES string of the molecule is N#Cc1ccc(CSc2ccccc2C(=O)OCCOc2ccccc2)cc1. The van der Waals surface area contributed by atoms with E-state index in [1.54, 1.807) is 30.0 Å². The molecule has 0 spiro atoms. The average molecular weight is 389 g/mol. The summed E-state index contributed by atoms with van der Waals surface area (Å²) < 4.78 is 10.9. The summed E-state index contributed by atoms with van der Waals surface area (Å²) in [7, 11) is 0. The molecule has 3 aromatic rings. The maximum Gasteiger partial charge on any atom is 0.339 e. The lowest BCUT2D eigenvalue weighted by molar-refractivity contribution is 0.0446. The number of hydrogen-bond acceptors (Lipinski definition) is 5. The second-order valence-electron chi connectivity index (χ2n) is 5.89. The molecule has 0 amide bonds. The van der Waals surface area contributed by atoms with Crippen LogP contribution in [0.1, 0.15) is 21.5 Å². The smallest absolute Gasteiger partial charge is 0.339 e. The van der Waals surface area contributed by atoms with Crippen LogP contribution in [-0.2, 0) is 10.5 Å². The Kier molecular flexibility index (Phi) is 7.11. The van der Waals surface area contributed by atoms with Crippen molar-refractivity contribution in [2.24, 2.45) is 0 Å². The van der Waals surface area contributed by atoms with Gasteiger partial charge < -0.3 is 9.47 Å². The van der Waals surface area contributed by atoms with Gasteiger partial charge in [-0.25, -0.2) is 4.79 Å². The first-order valence-corrected chi connectivity index (χ1v) is 9.80. The first-order chi connectivity index (χ1) is 13.8. The van der Waals surface area contributed by atoms with Gasteiger partial charge in [0.1, 0.15) is 19.0 Å². The molecule has 0 aliphatic carbocycles. The Morgan fingerprint density at radius 3 is 2.36 bits per heavy atom. The maximum absolute atomic E-state index is 12.4. The summed E-state index contributed by atoms with van der Waals surface area (Å²) in [6, 6.07) is 26.4. The predicted octanol–water partition coefficient (Wildman–Crippen LogP) is 5.09. The first-order valence-electron chi connectivity index (χ1n) is 8.82. The summed E-state index contributed by atoms with van der Waals surface area (Å²) in [5.74, 6) is 1.09. The number of para-hydroxylation sites is 1. The third-order valence-electron chi connectivity index (χ3n) is 3.91. The third-order valence-corrected chi connectivity index (χ3v) is 5.06. The Bertz CT molecular complexity index is 950. The first kappa shape index (κ1) is 19.5. The Labute approximate surface area is 168 Å². The van der Waals surface area contributed by atoms with Gasteiger partial charge in [0, 0.05) is 10.6 Å². The number of ether oxygens (including phenoxy) is 2. The van der Waals surface area contributed by atoms with Crippen molar-refractivity contribution >= 4 is 17.7 Å². The van der Waals surface area contributed by atoms with Crippen molar-refractivity contribution in [3.8, 4) is 11.8 Å². The standard InChI is InChI=1S/C23H19NO3S/c24-16-18-10-12-19(13-11-18)17-28-22-9-5-4-8-21(22)23(25)27-15-14-26-20-6-2-1-3-7-20/h1-13H,14-15,17H2. The molecule has 0 aliphatic rings. The van der Waals surface area contributed by atoms with Crippen LogP contribution >= 0.6 is 11.8 Å². The summed E-state index contributed by atoms with van der Waals surface area (Å²) >= 11 is 1.56. The van der Waals surface area contributed by atoms with Crippen LogP contribution in [0.4, 0.5) is 0 Å². The molecule has 4 nitrogen and oxygen atoms in total. The lowest BCUT2D eigenvalue weighted by atomic mass is 10.2. The van der Waals surface area contributed by atoms with Gasteiger partial charge in [0.2, 0.25) is 0 Å². The van der Waals surface area contributed by atoms with E-state index in [1.165, 1.54) is 0 Å². The summed E-state index contributed by atoms with van der Waals surface area (Å²) in [5.41, 5.74) is 2.26. The number of esters is 1. The van der Waals surface area contributed by atoms with Crippen LogP contribution in [0.25, 0.3) is 0 Å². The summed E-state index contributed by atoms with van der Waals surface area (Å²) in [6.45, 7) is 0.485. The van der Waals surface area contributed by atoms with E-state index in [0.29, 0.717) is 23.5 Å². The quantitative estimate of drug-likeness (QED) is 0.305.